The van der Waals surface area contributed by atoms with E-state index in [0.717, 1.165) is 11.3 Å². The van der Waals surface area contributed by atoms with Gasteiger partial charge in [0.2, 0.25) is 0 Å². The highest BCUT2D eigenvalue weighted by atomic mass is 32.1. The summed E-state index contributed by atoms with van der Waals surface area (Å²) in [7, 11) is 0. The van der Waals surface area contributed by atoms with E-state index in [9.17, 15) is 4.79 Å². The maximum absolute atomic E-state index is 11.7. The van der Waals surface area contributed by atoms with E-state index in [1.165, 1.54) is 11.3 Å². The molecule has 3 nitrogen and oxygen atoms in total. The molecule has 0 radical (unpaired) electrons. The van der Waals surface area contributed by atoms with E-state index in [2.05, 4.69) is 4.98 Å². The zero-order valence-electron chi connectivity index (χ0n) is 8.56. The molecule has 0 aliphatic heterocycles. The van der Waals surface area contributed by atoms with Gasteiger partial charge >= 0.3 is 0 Å². The van der Waals surface area contributed by atoms with Crippen molar-refractivity contribution in [2.45, 2.75) is 32.7 Å². The van der Waals surface area contributed by atoms with Gasteiger partial charge in [0.1, 0.15) is 0 Å². The van der Waals surface area contributed by atoms with Crippen LogP contribution in [-0.4, -0.2) is 16.8 Å². The summed E-state index contributed by atoms with van der Waals surface area (Å²) in [6.07, 6.45) is 3.09. The Kier molecular flexibility index (Phi) is 4.22. The van der Waals surface area contributed by atoms with Crippen molar-refractivity contribution in [3.63, 3.8) is 0 Å². The molecule has 2 N–H and O–H groups in total. The average Bonchev–Trinajstić information content (AvgIpc) is 2.68. The lowest BCUT2D eigenvalue weighted by atomic mass is 9.95. The molecule has 2 atom stereocenters. The van der Waals surface area contributed by atoms with Crippen molar-refractivity contribution in [1.29, 1.82) is 0 Å². The van der Waals surface area contributed by atoms with Gasteiger partial charge in [0, 0.05) is 17.5 Å². The van der Waals surface area contributed by atoms with Gasteiger partial charge < -0.3 is 5.73 Å². The first-order chi connectivity index (χ1) is 6.65. The SMILES string of the molecule is CCC(C)C(N)C(=O)Cc1cncs1. The predicted octanol–water partition coefficient (Wildman–Crippen LogP) is 1.63. The zero-order chi connectivity index (χ0) is 10.6. The van der Waals surface area contributed by atoms with Gasteiger partial charge in [0.15, 0.2) is 5.78 Å². The molecule has 0 saturated heterocycles. The van der Waals surface area contributed by atoms with Crippen LogP contribution in [0.3, 0.4) is 0 Å². The van der Waals surface area contributed by atoms with Crippen molar-refractivity contribution in [3.8, 4) is 0 Å². The Hall–Kier alpha value is -0.740. The van der Waals surface area contributed by atoms with Crippen molar-refractivity contribution >= 4 is 17.1 Å². The third-order valence-corrected chi connectivity index (χ3v) is 3.24. The Morgan fingerprint density at radius 1 is 1.71 bits per heavy atom. The summed E-state index contributed by atoms with van der Waals surface area (Å²) in [5, 5.41) is 0. The number of hydrogen-bond donors (Lipinski definition) is 1. The van der Waals surface area contributed by atoms with Gasteiger partial charge in [-0.2, -0.15) is 0 Å². The fraction of sp³-hybridized carbons (Fsp3) is 0.600. The minimum absolute atomic E-state index is 0.114. The molecule has 1 aromatic heterocycles. The normalized spacial score (nSPS) is 15.1. The summed E-state index contributed by atoms with van der Waals surface area (Å²) in [5.74, 6) is 0.374. The topological polar surface area (TPSA) is 56.0 Å². The van der Waals surface area contributed by atoms with Crippen LogP contribution in [0.1, 0.15) is 25.1 Å². The minimum Gasteiger partial charge on any atom is -0.321 e. The highest BCUT2D eigenvalue weighted by Gasteiger charge is 2.19. The molecule has 78 valence electrons. The second-order valence-electron chi connectivity index (χ2n) is 3.52. The molecule has 4 heteroatoms. The predicted molar refractivity (Wildman–Crippen MR) is 58.3 cm³/mol. The molecule has 0 aromatic carbocycles. The first kappa shape index (κ1) is 11.3. The quantitative estimate of drug-likeness (QED) is 0.807. The number of rotatable bonds is 5. The Balaban J connectivity index is 2.50. The molecule has 2 unspecified atom stereocenters. The lowest BCUT2D eigenvalue weighted by molar-refractivity contribution is -0.120. The fourth-order valence-electron chi connectivity index (χ4n) is 1.19. The first-order valence-electron chi connectivity index (χ1n) is 4.80. The van der Waals surface area contributed by atoms with Gasteiger partial charge in [-0.3, -0.25) is 9.78 Å². The number of carbonyl (C=O) groups is 1. The van der Waals surface area contributed by atoms with Gasteiger partial charge in [-0.15, -0.1) is 11.3 Å². The second-order valence-corrected chi connectivity index (χ2v) is 4.49. The molecule has 1 aromatic rings. The molecule has 0 bridgehead atoms. The molecule has 0 fully saturated rings. The van der Waals surface area contributed by atoms with Crippen LogP contribution in [0.15, 0.2) is 11.7 Å². The summed E-state index contributed by atoms with van der Waals surface area (Å²) in [5.41, 5.74) is 7.56. The van der Waals surface area contributed by atoms with Crippen molar-refractivity contribution in [3.05, 3.63) is 16.6 Å². The third kappa shape index (κ3) is 2.89. The van der Waals surface area contributed by atoms with E-state index in [0.29, 0.717) is 6.42 Å². The summed E-state index contributed by atoms with van der Waals surface area (Å²) in [6.45, 7) is 4.06. The molecule has 0 amide bonds. The van der Waals surface area contributed by atoms with E-state index in [1.807, 2.05) is 13.8 Å². The maximum atomic E-state index is 11.7. The standard InChI is InChI=1S/C10H16N2OS/c1-3-7(2)10(11)9(13)4-8-5-12-6-14-8/h5-7,10H,3-4,11H2,1-2H3. The smallest absolute Gasteiger partial charge is 0.155 e. The van der Waals surface area contributed by atoms with Gasteiger partial charge in [-0.05, 0) is 5.92 Å². The number of Topliss-reactive ketones (excluding diaryl/α,β-unsaturated/α-hetero) is 1. The highest BCUT2D eigenvalue weighted by molar-refractivity contribution is 7.09. The van der Waals surface area contributed by atoms with Gasteiger partial charge in [0.05, 0.1) is 11.6 Å². The van der Waals surface area contributed by atoms with Crippen LogP contribution < -0.4 is 5.73 Å². The Bertz CT molecular complexity index is 284. The van der Waals surface area contributed by atoms with E-state index in [1.54, 1.807) is 11.7 Å². The van der Waals surface area contributed by atoms with Gasteiger partial charge in [0.25, 0.3) is 0 Å². The van der Waals surface area contributed by atoms with Crippen molar-refractivity contribution in [1.82, 2.24) is 4.98 Å². The number of nitrogens with zero attached hydrogens (tertiary/aromatic N) is 1. The number of thiazole rings is 1. The second kappa shape index (κ2) is 5.22. The number of ketones is 1. The van der Waals surface area contributed by atoms with E-state index < -0.39 is 0 Å². The largest absolute Gasteiger partial charge is 0.321 e. The highest BCUT2D eigenvalue weighted by Crippen LogP contribution is 2.12. The van der Waals surface area contributed by atoms with Crippen LogP contribution in [0.4, 0.5) is 0 Å². The van der Waals surface area contributed by atoms with E-state index >= 15 is 0 Å². The van der Waals surface area contributed by atoms with Crippen LogP contribution in [0.5, 0.6) is 0 Å². The molecule has 1 heterocycles. The van der Waals surface area contributed by atoms with Crippen LogP contribution in [-0.2, 0) is 11.2 Å². The monoisotopic (exact) mass is 212 g/mol. The molecule has 0 aliphatic carbocycles. The fourth-order valence-corrected chi connectivity index (χ4v) is 1.79. The zero-order valence-corrected chi connectivity index (χ0v) is 9.38. The minimum atomic E-state index is -0.331. The van der Waals surface area contributed by atoms with Gasteiger partial charge in [-0.1, -0.05) is 20.3 Å². The van der Waals surface area contributed by atoms with Crippen molar-refractivity contribution in [2.24, 2.45) is 11.7 Å². The molecular formula is C10H16N2OS. The number of nitrogens with two attached hydrogens (primary N) is 1. The Morgan fingerprint density at radius 2 is 2.43 bits per heavy atom. The van der Waals surface area contributed by atoms with Crippen LogP contribution in [0, 0.1) is 5.92 Å². The van der Waals surface area contributed by atoms with Crippen molar-refractivity contribution in [2.75, 3.05) is 0 Å². The number of carbonyl (C=O) groups excluding carboxylic acids is 1. The Morgan fingerprint density at radius 3 is 2.93 bits per heavy atom. The summed E-state index contributed by atoms with van der Waals surface area (Å²) < 4.78 is 0. The lowest BCUT2D eigenvalue weighted by Crippen LogP contribution is -2.37. The number of hydrogen-bond acceptors (Lipinski definition) is 4. The first-order valence-corrected chi connectivity index (χ1v) is 5.68. The number of aromatic nitrogens is 1. The average molecular weight is 212 g/mol. The molecule has 0 saturated carbocycles. The lowest BCUT2D eigenvalue weighted by Gasteiger charge is -2.16. The molecule has 0 spiro atoms. The Labute approximate surface area is 88.3 Å². The summed E-state index contributed by atoms with van der Waals surface area (Å²) in [4.78, 5) is 16.6. The van der Waals surface area contributed by atoms with Crippen LogP contribution >= 0.6 is 11.3 Å². The molecule has 14 heavy (non-hydrogen) atoms. The van der Waals surface area contributed by atoms with E-state index in [-0.39, 0.29) is 17.7 Å². The van der Waals surface area contributed by atoms with E-state index in [4.69, 9.17) is 5.73 Å². The van der Waals surface area contributed by atoms with Crippen molar-refractivity contribution < 1.29 is 4.79 Å². The maximum Gasteiger partial charge on any atom is 0.155 e. The summed E-state index contributed by atoms with van der Waals surface area (Å²) >= 11 is 1.50. The summed E-state index contributed by atoms with van der Waals surface area (Å²) in [6, 6.07) is -0.331. The molecule has 0 aliphatic rings. The molecule has 1 rings (SSSR count). The molecular weight excluding hydrogens is 196 g/mol. The van der Waals surface area contributed by atoms with Crippen LogP contribution in [0.2, 0.25) is 0 Å². The van der Waals surface area contributed by atoms with Gasteiger partial charge in [-0.25, -0.2) is 0 Å². The van der Waals surface area contributed by atoms with Crippen LogP contribution in [0.25, 0.3) is 0 Å². The third-order valence-electron chi connectivity index (χ3n) is 2.46.